The molecule has 0 radical (unpaired) electrons. The summed E-state index contributed by atoms with van der Waals surface area (Å²) in [5, 5.41) is 34.4. The van der Waals surface area contributed by atoms with Crippen LogP contribution in [0.5, 0.6) is 0 Å². The fourth-order valence-corrected chi connectivity index (χ4v) is 7.25. The summed E-state index contributed by atoms with van der Waals surface area (Å²) in [5.74, 6) is 0. The molecule has 0 saturated carbocycles. The van der Waals surface area contributed by atoms with Gasteiger partial charge in [-0.15, -0.1) is 0 Å². The molecule has 5 aromatic carbocycles. The molecular weight excluding hydrogens is 551 g/mol. The van der Waals surface area contributed by atoms with Crippen LogP contribution in [0.1, 0.15) is 43.0 Å². The van der Waals surface area contributed by atoms with Gasteiger partial charge in [-0.3, -0.25) is 0 Å². The highest BCUT2D eigenvalue weighted by Gasteiger charge is 2.37. The molecule has 8 rings (SSSR count). The molecule has 3 heterocycles. The van der Waals surface area contributed by atoms with Gasteiger partial charge >= 0.3 is 6.85 Å². The third-order valence-corrected chi connectivity index (χ3v) is 9.19. The smallest absolute Gasteiger partial charge is 0.332 e. The Morgan fingerprint density at radius 1 is 0.689 bits per heavy atom. The average molecular weight is 574 g/mol. The van der Waals surface area contributed by atoms with Crippen molar-refractivity contribution < 1.29 is 0 Å². The van der Waals surface area contributed by atoms with Crippen molar-refractivity contribution in [2.75, 3.05) is 0 Å². The summed E-state index contributed by atoms with van der Waals surface area (Å²) in [6, 6.07) is 35.1. The molecule has 7 heteroatoms. The SMILES string of the molecule is [C-]#[N+]c1cc(C#N)c2c(c1)c1cc(C#N)cc(C#N)c1n2B1c2ccccc2-n2c3cc(C(C)(C)C)ccc3c3cccc1c32. The Kier molecular flexibility index (Phi) is 5.34. The maximum Gasteiger partial charge on any atom is 0.332 e. The lowest BCUT2D eigenvalue weighted by Gasteiger charge is -2.29. The van der Waals surface area contributed by atoms with Crippen LogP contribution in [-0.4, -0.2) is 15.9 Å². The Labute approximate surface area is 260 Å². The first kappa shape index (κ1) is 26.4. The highest BCUT2D eigenvalue weighted by atomic mass is 15.0. The van der Waals surface area contributed by atoms with Crippen molar-refractivity contribution in [3.63, 3.8) is 0 Å². The van der Waals surface area contributed by atoms with E-state index in [-0.39, 0.29) is 5.41 Å². The summed E-state index contributed by atoms with van der Waals surface area (Å²) in [4.78, 5) is 3.64. The fourth-order valence-electron chi connectivity index (χ4n) is 7.25. The van der Waals surface area contributed by atoms with E-state index < -0.39 is 6.85 Å². The van der Waals surface area contributed by atoms with Crippen LogP contribution in [-0.2, 0) is 5.41 Å². The number of aromatic nitrogens is 2. The number of fused-ring (bicyclic) bond motifs is 8. The molecule has 0 bridgehead atoms. The Hall–Kier alpha value is -6.28. The van der Waals surface area contributed by atoms with Crippen molar-refractivity contribution in [2.45, 2.75) is 26.2 Å². The highest BCUT2D eigenvalue weighted by Crippen LogP contribution is 2.40. The van der Waals surface area contributed by atoms with Crippen molar-refractivity contribution >= 4 is 67.1 Å². The van der Waals surface area contributed by atoms with Gasteiger partial charge in [0.2, 0.25) is 0 Å². The van der Waals surface area contributed by atoms with E-state index in [0.717, 1.165) is 38.4 Å². The van der Waals surface area contributed by atoms with Crippen molar-refractivity contribution in [3.8, 4) is 23.9 Å². The minimum atomic E-state index is -0.394. The van der Waals surface area contributed by atoms with E-state index in [1.165, 1.54) is 5.56 Å². The van der Waals surface area contributed by atoms with Crippen molar-refractivity contribution in [2.24, 2.45) is 0 Å². The first-order valence-corrected chi connectivity index (χ1v) is 14.7. The lowest BCUT2D eigenvalue weighted by atomic mass is 9.48. The number of nitrogens with zero attached hydrogens (tertiary/aromatic N) is 6. The van der Waals surface area contributed by atoms with E-state index >= 15 is 0 Å². The molecule has 1 aliphatic heterocycles. The summed E-state index contributed by atoms with van der Waals surface area (Å²) in [6.07, 6.45) is 0. The largest absolute Gasteiger partial charge is 0.374 e. The van der Waals surface area contributed by atoms with Crippen LogP contribution in [0.4, 0.5) is 5.69 Å². The molecule has 0 saturated heterocycles. The molecule has 7 aromatic rings. The van der Waals surface area contributed by atoms with E-state index in [1.54, 1.807) is 24.3 Å². The third-order valence-electron chi connectivity index (χ3n) is 9.19. The molecular formula is C38H23BN6. The van der Waals surface area contributed by atoms with Gasteiger partial charge in [0.25, 0.3) is 0 Å². The quantitative estimate of drug-likeness (QED) is 0.152. The highest BCUT2D eigenvalue weighted by molar-refractivity contribution is 6.88. The normalized spacial score (nSPS) is 12.2. The zero-order valence-electron chi connectivity index (χ0n) is 24.8. The number of para-hydroxylation sites is 2. The van der Waals surface area contributed by atoms with Crippen LogP contribution in [0, 0.1) is 40.6 Å². The van der Waals surface area contributed by atoms with Gasteiger partial charge in [-0.1, -0.05) is 69.3 Å². The Morgan fingerprint density at radius 2 is 1.40 bits per heavy atom. The number of hydrogen-bond acceptors (Lipinski definition) is 3. The van der Waals surface area contributed by atoms with Crippen molar-refractivity contribution in [3.05, 3.63) is 119 Å². The van der Waals surface area contributed by atoms with E-state index in [9.17, 15) is 15.8 Å². The zero-order valence-corrected chi connectivity index (χ0v) is 24.8. The topological polar surface area (TPSA) is 85.6 Å². The first-order valence-electron chi connectivity index (χ1n) is 14.7. The Morgan fingerprint density at radius 3 is 2.11 bits per heavy atom. The van der Waals surface area contributed by atoms with E-state index in [0.29, 0.717) is 44.2 Å². The summed E-state index contributed by atoms with van der Waals surface area (Å²) >= 11 is 0. The van der Waals surface area contributed by atoms with E-state index in [4.69, 9.17) is 6.57 Å². The van der Waals surface area contributed by atoms with Gasteiger partial charge in [-0.05, 0) is 63.7 Å². The molecule has 0 amide bonds. The molecule has 208 valence electrons. The van der Waals surface area contributed by atoms with Gasteiger partial charge in [0.05, 0.1) is 57.5 Å². The lowest BCUT2D eigenvalue weighted by Crippen LogP contribution is -2.53. The molecule has 45 heavy (non-hydrogen) atoms. The summed E-state index contributed by atoms with van der Waals surface area (Å²) < 4.78 is 4.46. The van der Waals surface area contributed by atoms with Gasteiger partial charge in [0, 0.05) is 21.8 Å². The van der Waals surface area contributed by atoms with E-state index in [2.05, 4.69) is 101 Å². The minimum Gasteiger partial charge on any atom is -0.374 e. The van der Waals surface area contributed by atoms with Gasteiger partial charge in [0.15, 0.2) is 5.69 Å². The standard InChI is InChI=1S/C38H23BN6/c1-38(2,3)25-12-13-27-28-8-7-10-32-37(28)44(34(27)17-25)33-11-6-5-9-31(33)39(32)45-35-23(20-41)14-22(19-40)15-29(35)30-18-26(43-4)16-24(21-42)36(30)45/h5-18H,1-3H3. The molecule has 2 aromatic heterocycles. The van der Waals surface area contributed by atoms with Gasteiger partial charge in [-0.25, -0.2) is 4.85 Å². The van der Waals surface area contributed by atoms with Crippen molar-refractivity contribution in [1.82, 2.24) is 9.05 Å². The zero-order chi connectivity index (χ0) is 31.2. The maximum absolute atomic E-state index is 10.4. The minimum absolute atomic E-state index is 0.0265. The second-order valence-corrected chi connectivity index (χ2v) is 12.6. The number of nitriles is 3. The summed E-state index contributed by atoms with van der Waals surface area (Å²) in [7, 11) is 0. The van der Waals surface area contributed by atoms with Crippen LogP contribution in [0.2, 0.25) is 0 Å². The molecule has 0 N–H and O–H groups in total. The second-order valence-electron chi connectivity index (χ2n) is 12.6. The molecule has 0 spiro atoms. The molecule has 0 unspecified atom stereocenters. The monoisotopic (exact) mass is 574 g/mol. The molecule has 6 nitrogen and oxygen atoms in total. The molecule has 0 aliphatic carbocycles. The Balaban J connectivity index is 1.61. The summed E-state index contributed by atoms with van der Waals surface area (Å²) in [6.45, 7) is 14.0. The second kappa shape index (κ2) is 9.11. The molecule has 1 aliphatic rings. The van der Waals surface area contributed by atoms with E-state index in [1.807, 2.05) is 12.1 Å². The van der Waals surface area contributed by atoms with Gasteiger partial charge in [0.1, 0.15) is 6.07 Å². The summed E-state index contributed by atoms with van der Waals surface area (Å²) in [5.41, 5.74) is 9.21. The molecule has 0 fully saturated rings. The fraction of sp³-hybridized carbons (Fsp3) is 0.105. The number of hydrogen-bond donors (Lipinski definition) is 0. The van der Waals surface area contributed by atoms with Crippen LogP contribution in [0.15, 0.2) is 84.9 Å². The lowest BCUT2D eigenvalue weighted by molar-refractivity contribution is 0.591. The van der Waals surface area contributed by atoms with Gasteiger partial charge in [-0.2, -0.15) is 15.8 Å². The van der Waals surface area contributed by atoms with Crippen LogP contribution < -0.4 is 10.9 Å². The number of rotatable bonds is 1. The van der Waals surface area contributed by atoms with Crippen LogP contribution >= 0.6 is 0 Å². The molecule has 0 atom stereocenters. The van der Waals surface area contributed by atoms with Crippen LogP contribution in [0.3, 0.4) is 0 Å². The first-order chi connectivity index (χ1) is 21.8. The Bertz CT molecular complexity index is 2550. The third kappa shape index (κ3) is 3.47. The maximum atomic E-state index is 10.4. The van der Waals surface area contributed by atoms with Crippen LogP contribution in [0.25, 0.3) is 54.1 Å². The van der Waals surface area contributed by atoms with Crippen molar-refractivity contribution in [1.29, 1.82) is 15.8 Å². The van der Waals surface area contributed by atoms with Gasteiger partial charge < -0.3 is 9.05 Å². The average Bonchev–Trinajstić information content (AvgIpc) is 3.57. The predicted octanol–water partition coefficient (Wildman–Crippen LogP) is 7.32. The predicted molar refractivity (Wildman–Crippen MR) is 180 cm³/mol. The number of benzene rings is 5.